The van der Waals surface area contributed by atoms with Crippen molar-refractivity contribution in [1.82, 2.24) is 9.88 Å². The molecule has 0 bridgehead atoms. The Morgan fingerprint density at radius 2 is 2.00 bits per heavy atom. The maximum atomic E-state index is 12.7. The van der Waals surface area contributed by atoms with Gasteiger partial charge < -0.3 is 16.0 Å². The Morgan fingerprint density at radius 1 is 1.26 bits per heavy atom. The zero-order valence-electron chi connectivity index (χ0n) is 19.0. The summed E-state index contributed by atoms with van der Waals surface area (Å²) in [6.07, 6.45) is 0.579. The van der Waals surface area contributed by atoms with E-state index in [2.05, 4.69) is 29.1 Å². The van der Waals surface area contributed by atoms with E-state index in [1.165, 1.54) is 16.9 Å². The molecule has 34 heavy (non-hydrogen) atoms. The lowest BCUT2D eigenvalue weighted by Gasteiger charge is -2.27. The van der Waals surface area contributed by atoms with Crippen LogP contribution in [0.5, 0.6) is 0 Å². The molecule has 2 aromatic carbocycles. The number of amides is 1. The van der Waals surface area contributed by atoms with Crippen LogP contribution in [0.25, 0.3) is 0 Å². The number of thiazole rings is 1. The minimum absolute atomic E-state index is 0.326. The van der Waals surface area contributed by atoms with Gasteiger partial charge in [-0.1, -0.05) is 38.1 Å². The second-order valence-electron chi connectivity index (χ2n) is 8.37. The van der Waals surface area contributed by atoms with Gasteiger partial charge in [0.25, 0.3) is 12.5 Å². The van der Waals surface area contributed by atoms with E-state index in [1.807, 2.05) is 29.2 Å². The number of nitrogens with zero attached hydrogens (tertiary/aromatic N) is 4. The summed E-state index contributed by atoms with van der Waals surface area (Å²) in [6, 6.07) is 14.8. The third-order valence-corrected chi connectivity index (χ3v) is 6.67. The van der Waals surface area contributed by atoms with E-state index in [1.54, 1.807) is 24.3 Å². The van der Waals surface area contributed by atoms with E-state index in [-0.39, 0.29) is 17.4 Å². The van der Waals surface area contributed by atoms with Gasteiger partial charge in [-0.05, 0) is 35.7 Å². The molecule has 10 heteroatoms. The minimum Gasteiger partial charge on any atom is -0.397 e. The summed E-state index contributed by atoms with van der Waals surface area (Å²) in [5.41, 5.74) is 9.63. The van der Waals surface area contributed by atoms with Crippen LogP contribution in [0.1, 0.15) is 45.7 Å². The molecule has 0 unspecified atom stereocenters. The van der Waals surface area contributed by atoms with Crippen molar-refractivity contribution in [2.45, 2.75) is 32.7 Å². The topological polar surface area (TPSA) is 127 Å². The van der Waals surface area contributed by atoms with E-state index in [4.69, 9.17) is 5.73 Å². The summed E-state index contributed by atoms with van der Waals surface area (Å²) in [5.74, 6) is 0.463. The molecular weight excluding hydrogens is 452 g/mol. The van der Waals surface area contributed by atoms with E-state index >= 15 is 0 Å². The molecule has 4 rings (SSSR count). The number of rotatable bonds is 6. The Kier molecular flexibility index (Phi) is 6.87. The lowest BCUT2D eigenvalue weighted by atomic mass is 10.0. The third-order valence-electron chi connectivity index (χ3n) is 5.59. The highest BCUT2D eigenvalue weighted by Gasteiger charge is 2.27. The molecule has 2 heterocycles. The fraction of sp³-hybridized carbons (Fsp3) is 0.292. The highest BCUT2D eigenvalue weighted by atomic mass is 32.1. The van der Waals surface area contributed by atoms with Crippen LogP contribution in [0, 0.1) is 10.1 Å². The first kappa shape index (κ1) is 23.4. The van der Waals surface area contributed by atoms with Gasteiger partial charge in [-0.3, -0.25) is 14.9 Å². The summed E-state index contributed by atoms with van der Waals surface area (Å²) in [4.78, 5) is 35.6. The van der Waals surface area contributed by atoms with E-state index < -0.39 is 0 Å². The van der Waals surface area contributed by atoms with E-state index in [9.17, 15) is 14.9 Å². The molecule has 1 aromatic heterocycles. The average molecular weight is 479 g/mol. The number of aliphatic imine (C=N–C) groups is 1. The number of amidine groups is 1. The largest absolute Gasteiger partial charge is 0.397 e. The molecule has 1 amide bonds. The van der Waals surface area contributed by atoms with Gasteiger partial charge in [0, 0.05) is 22.8 Å². The Labute approximate surface area is 201 Å². The van der Waals surface area contributed by atoms with Crippen LogP contribution in [0.4, 0.5) is 17.1 Å². The Bertz CT molecular complexity index is 1240. The maximum Gasteiger partial charge on any atom is 0.284 e. The summed E-state index contributed by atoms with van der Waals surface area (Å²) < 4.78 is 0. The smallest absolute Gasteiger partial charge is 0.284 e. The molecule has 1 aliphatic heterocycles. The monoisotopic (exact) mass is 478 g/mol. The summed E-state index contributed by atoms with van der Waals surface area (Å²) in [5, 5.41) is 14.5. The number of hydrogen-bond acceptors (Lipinski definition) is 7. The van der Waals surface area contributed by atoms with Crippen LogP contribution < -0.4 is 11.1 Å². The highest BCUT2D eigenvalue weighted by molar-refractivity contribution is 7.13. The van der Waals surface area contributed by atoms with Gasteiger partial charge in [-0.2, -0.15) is 0 Å². The summed E-state index contributed by atoms with van der Waals surface area (Å²) in [6.45, 7) is 4.81. The average Bonchev–Trinajstić information content (AvgIpc) is 3.24. The molecule has 1 aliphatic rings. The van der Waals surface area contributed by atoms with Gasteiger partial charge in [0.1, 0.15) is 0 Å². The van der Waals surface area contributed by atoms with Crippen molar-refractivity contribution in [2.75, 3.05) is 24.1 Å². The van der Waals surface area contributed by atoms with Gasteiger partial charge in [-0.25, -0.2) is 9.98 Å². The third kappa shape index (κ3) is 5.40. The molecule has 0 atom stereocenters. The van der Waals surface area contributed by atoms with Gasteiger partial charge in [0.15, 0.2) is 10.8 Å². The summed E-state index contributed by atoms with van der Waals surface area (Å²) in [7, 11) is 0. The number of anilines is 2. The van der Waals surface area contributed by atoms with Crippen LogP contribution in [-0.2, 0) is 13.0 Å². The normalized spacial score (nSPS) is 13.6. The SMILES string of the molecule is CC(C)c1ccc(N=C(C[N+](=O)[O-])N2CCc3nc(C(=O)Nc4ccccc4N)sc3C2)cc1. The van der Waals surface area contributed by atoms with Crippen LogP contribution in [0.2, 0.25) is 0 Å². The van der Waals surface area contributed by atoms with Crippen LogP contribution in [-0.4, -0.2) is 39.6 Å². The Morgan fingerprint density at radius 3 is 2.68 bits per heavy atom. The molecule has 0 radical (unpaired) electrons. The molecule has 0 spiro atoms. The predicted octanol–water partition coefficient (Wildman–Crippen LogP) is 4.47. The number of nitro groups is 1. The van der Waals surface area contributed by atoms with Crippen LogP contribution in [0.3, 0.4) is 0 Å². The fourth-order valence-electron chi connectivity index (χ4n) is 3.70. The van der Waals surface area contributed by atoms with Crippen LogP contribution in [0.15, 0.2) is 53.5 Å². The number of aromatic nitrogens is 1. The number of carbonyl (C=O) groups is 1. The molecule has 3 N–H and O–H groups in total. The van der Waals surface area contributed by atoms with E-state index in [0.29, 0.717) is 53.3 Å². The van der Waals surface area contributed by atoms with Crippen molar-refractivity contribution in [2.24, 2.45) is 4.99 Å². The molecule has 3 aromatic rings. The number of fused-ring (bicyclic) bond motifs is 1. The van der Waals surface area contributed by atoms with Gasteiger partial charge >= 0.3 is 0 Å². The standard InChI is InChI=1S/C24H26N6O3S/c1-15(2)16-7-9-17(10-8-16)26-22(14-30(32)33)29-12-11-20-21(13-29)34-24(28-20)23(31)27-19-6-4-3-5-18(19)25/h3-10,15H,11-14,25H2,1-2H3,(H,27,31). The van der Waals surface area contributed by atoms with E-state index in [0.717, 1.165) is 10.6 Å². The van der Waals surface area contributed by atoms with Gasteiger partial charge in [0.2, 0.25) is 0 Å². The number of nitrogen functional groups attached to an aromatic ring is 1. The molecule has 0 saturated carbocycles. The number of carbonyl (C=O) groups excluding carboxylic acids is 1. The molecule has 0 aliphatic carbocycles. The first-order chi connectivity index (χ1) is 16.3. The molecule has 0 saturated heterocycles. The zero-order chi connectivity index (χ0) is 24.2. The van der Waals surface area contributed by atoms with Crippen molar-refractivity contribution in [1.29, 1.82) is 0 Å². The van der Waals surface area contributed by atoms with Crippen molar-refractivity contribution >= 4 is 40.1 Å². The quantitative estimate of drug-likeness (QED) is 0.177. The second-order valence-corrected chi connectivity index (χ2v) is 9.45. The minimum atomic E-state index is -0.374. The summed E-state index contributed by atoms with van der Waals surface area (Å²) >= 11 is 1.29. The predicted molar refractivity (Wildman–Crippen MR) is 135 cm³/mol. The van der Waals surface area contributed by atoms with Crippen molar-refractivity contribution in [3.63, 3.8) is 0 Å². The van der Waals surface area contributed by atoms with Crippen LogP contribution >= 0.6 is 11.3 Å². The van der Waals surface area contributed by atoms with Crippen molar-refractivity contribution in [3.8, 4) is 0 Å². The number of benzene rings is 2. The van der Waals surface area contributed by atoms with Crippen molar-refractivity contribution in [3.05, 3.63) is 79.8 Å². The second kappa shape index (κ2) is 10.0. The molecule has 176 valence electrons. The Balaban J connectivity index is 1.53. The zero-order valence-corrected chi connectivity index (χ0v) is 19.8. The number of para-hydroxylation sites is 2. The van der Waals surface area contributed by atoms with Gasteiger partial charge in [-0.15, -0.1) is 11.3 Å². The number of nitrogens with two attached hydrogens (primary N) is 1. The first-order valence-electron chi connectivity index (χ1n) is 11.0. The number of nitrogens with one attached hydrogen (secondary N) is 1. The van der Waals surface area contributed by atoms with Crippen molar-refractivity contribution < 1.29 is 9.72 Å². The Hall–Kier alpha value is -3.79. The van der Waals surface area contributed by atoms with Gasteiger partial charge in [0.05, 0.1) is 29.3 Å². The maximum absolute atomic E-state index is 12.7. The molecule has 9 nitrogen and oxygen atoms in total. The lowest BCUT2D eigenvalue weighted by Crippen LogP contribution is -2.39. The lowest BCUT2D eigenvalue weighted by molar-refractivity contribution is -0.464. The fourth-order valence-corrected chi connectivity index (χ4v) is 4.72. The molecular formula is C24H26N6O3S. The first-order valence-corrected chi connectivity index (χ1v) is 11.8. The number of hydrogen-bond donors (Lipinski definition) is 2. The molecule has 0 fully saturated rings. The highest BCUT2D eigenvalue weighted by Crippen LogP contribution is 2.28.